The van der Waals surface area contributed by atoms with Crippen molar-refractivity contribution < 1.29 is 9.53 Å². The largest absolute Gasteiger partial charge is 0.444 e. The van der Waals surface area contributed by atoms with Gasteiger partial charge in [0.05, 0.1) is 11.0 Å². The van der Waals surface area contributed by atoms with E-state index in [1.807, 2.05) is 37.4 Å². The predicted octanol–water partition coefficient (Wildman–Crippen LogP) is 3.75. The quantitative estimate of drug-likeness (QED) is 0.672. The van der Waals surface area contributed by atoms with Crippen LogP contribution in [0.5, 0.6) is 0 Å². The Hall–Kier alpha value is -1.76. The van der Waals surface area contributed by atoms with Crippen LogP contribution in [0.4, 0.5) is 4.79 Å². The maximum Gasteiger partial charge on any atom is 0.410 e. The van der Waals surface area contributed by atoms with Gasteiger partial charge in [0.25, 0.3) is 0 Å². The number of thioether (sulfide) groups is 1. The topological polar surface area (TPSA) is 57.5 Å². The molecule has 30 heavy (non-hydrogen) atoms. The van der Waals surface area contributed by atoms with Crippen LogP contribution in [0.3, 0.4) is 0 Å². The number of nitrogens with zero attached hydrogens (tertiary/aromatic N) is 4. The van der Waals surface area contributed by atoms with Gasteiger partial charge in [-0.25, -0.2) is 9.79 Å². The normalized spacial score (nSPS) is 33.4. The molecule has 3 fully saturated rings. The van der Waals surface area contributed by atoms with Gasteiger partial charge in [0.15, 0.2) is 0 Å². The molecule has 1 amide bonds. The highest BCUT2D eigenvalue weighted by Crippen LogP contribution is 2.66. The summed E-state index contributed by atoms with van der Waals surface area (Å²) in [5, 5.41) is 0. The Bertz CT molecular complexity index is 844. The first-order valence-corrected chi connectivity index (χ1v) is 12.3. The lowest BCUT2D eigenvalue weighted by molar-refractivity contribution is 0.0201. The van der Waals surface area contributed by atoms with Crippen LogP contribution >= 0.6 is 11.8 Å². The van der Waals surface area contributed by atoms with Crippen LogP contribution in [-0.2, 0) is 4.74 Å². The highest BCUT2D eigenvalue weighted by Gasteiger charge is 2.70. The standard InChI is InChI=1S/C23H32N4O2S/c1-21(2,3)29-20(28)27-8-5-17(6-9-27)19-22-7-4-18(26-10-12-30-13-11-26)14-23(22,15-22)25-16-24-19/h4,7,14,16-17H,5-6,8-13,15H2,1-3H3. The molecule has 2 unspecified atom stereocenters. The van der Waals surface area contributed by atoms with Crippen LogP contribution in [0.2, 0.25) is 0 Å². The smallest absolute Gasteiger partial charge is 0.410 e. The van der Waals surface area contributed by atoms with Crippen LogP contribution < -0.4 is 0 Å². The summed E-state index contributed by atoms with van der Waals surface area (Å²) in [5.41, 5.74) is 2.01. The predicted molar refractivity (Wildman–Crippen MR) is 122 cm³/mol. The summed E-state index contributed by atoms with van der Waals surface area (Å²) in [5.74, 6) is 2.81. The maximum atomic E-state index is 12.4. The second kappa shape index (κ2) is 7.14. The van der Waals surface area contributed by atoms with Gasteiger partial charge in [0, 0.05) is 55.0 Å². The van der Waals surface area contributed by atoms with Gasteiger partial charge in [-0.15, -0.1) is 0 Å². The van der Waals surface area contributed by atoms with E-state index >= 15 is 0 Å². The zero-order valence-electron chi connectivity index (χ0n) is 18.3. The Labute approximate surface area is 183 Å². The molecular formula is C23H32N4O2S. The van der Waals surface area contributed by atoms with Crippen molar-refractivity contribution in [1.82, 2.24) is 9.80 Å². The number of carbonyl (C=O) groups excluding carboxylic acids is 1. The van der Waals surface area contributed by atoms with E-state index in [9.17, 15) is 4.79 Å². The second-order valence-corrected chi connectivity index (χ2v) is 11.3. The fourth-order valence-corrected chi connectivity index (χ4v) is 6.24. The Morgan fingerprint density at radius 2 is 1.93 bits per heavy atom. The van der Waals surface area contributed by atoms with Crippen LogP contribution in [-0.4, -0.2) is 76.8 Å². The minimum absolute atomic E-state index is 0.0332. The van der Waals surface area contributed by atoms with Crippen molar-refractivity contribution in [3.63, 3.8) is 0 Å². The summed E-state index contributed by atoms with van der Waals surface area (Å²) in [6, 6.07) is 0. The molecular weight excluding hydrogens is 396 g/mol. The fraction of sp³-hybridized carbons (Fsp3) is 0.696. The third-order valence-corrected chi connectivity index (χ3v) is 7.92. The van der Waals surface area contributed by atoms with E-state index < -0.39 is 5.60 Å². The molecule has 1 saturated carbocycles. The van der Waals surface area contributed by atoms with Crippen molar-refractivity contribution in [2.75, 3.05) is 37.7 Å². The first-order valence-electron chi connectivity index (χ1n) is 11.2. The monoisotopic (exact) mass is 428 g/mol. The van der Waals surface area contributed by atoms with E-state index in [1.54, 1.807) is 6.34 Å². The first-order chi connectivity index (χ1) is 14.3. The van der Waals surface area contributed by atoms with E-state index in [-0.39, 0.29) is 17.0 Å². The molecule has 0 aromatic rings. The molecule has 0 bridgehead atoms. The van der Waals surface area contributed by atoms with Gasteiger partial charge in [-0.3, -0.25) is 4.99 Å². The molecule has 3 heterocycles. The Kier molecular flexibility index (Phi) is 4.80. The van der Waals surface area contributed by atoms with Crippen molar-refractivity contribution in [1.29, 1.82) is 0 Å². The molecule has 0 N–H and O–H groups in total. The highest BCUT2D eigenvalue weighted by molar-refractivity contribution is 7.99. The van der Waals surface area contributed by atoms with Crippen LogP contribution in [0, 0.1) is 11.3 Å². The minimum atomic E-state index is -0.450. The molecule has 2 saturated heterocycles. The molecule has 2 aliphatic carbocycles. The highest BCUT2D eigenvalue weighted by atomic mass is 32.2. The number of rotatable bonds is 2. The molecule has 0 radical (unpaired) electrons. The number of aliphatic imine (C=N–C) groups is 2. The Morgan fingerprint density at radius 1 is 1.20 bits per heavy atom. The molecule has 7 heteroatoms. The van der Waals surface area contributed by atoms with Crippen LogP contribution in [0.25, 0.3) is 0 Å². The van der Waals surface area contributed by atoms with E-state index in [0.717, 1.165) is 45.4 Å². The molecule has 2 atom stereocenters. The summed E-state index contributed by atoms with van der Waals surface area (Å²) < 4.78 is 5.55. The lowest BCUT2D eigenvalue weighted by Crippen LogP contribution is -2.45. The molecule has 162 valence electrons. The molecule has 5 rings (SSSR count). The SMILES string of the molecule is CC(C)(C)OC(=O)N1CCC(C2=NC=NC34C=C(N5CCSCC5)C=CC23C4)CC1. The number of allylic oxidation sites excluding steroid dienone is 1. The fourth-order valence-electron chi connectivity index (χ4n) is 5.34. The number of likely N-dealkylation sites (tertiary alicyclic amines) is 1. The van der Waals surface area contributed by atoms with Crippen LogP contribution in [0.1, 0.15) is 40.0 Å². The average molecular weight is 429 g/mol. The Balaban J connectivity index is 1.27. The van der Waals surface area contributed by atoms with E-state index in [4.69, 9.17) is 14.7 Å². The van der Waals surface area contributed by atoms with Crippen molar-refractivity contribution >= 4 is 29.9 Å². The van der Waals surface area contributed by atoms with Crippen LogP contribution in [0.15, 0.2) is 33.9 Å². The summed E-state index contributed by atoms with van der Waals surface area (Å²) in [4.78, 5) is 26.4. The lowest BCUT2D eigenvalue weighted by atomic mass is 9.78. The van der Waals surface area contributed by atoms with Crippen molar-refractivity contribution in [2.45, 2.75) is 51.2 Å². The summed E-state index contributed by atoms with van der Waals surface area (Å²) in [6.07, 6.45) is 11.6. The number of amides is 1. The maximum absolute atomic E-state index is 12.4. The lowest BCUT2D eigenvalue weighted by Gasteiger charge is -2.38. The van der Waals surface area contributed by atoms with Gasteiger partial charge < -0.3 is 14.5 Å². The van der Waals surface area contributed by atoms with Gasteiger partial charge in [-0.2, -0.15) is 11.8 Å². The third kappa shape index (κ3) is 3.39. The van der Waals surface area contributed by atoms with E-state index in [2.05, 4.69) is 23.1 Å². The van der Waals surface area contributed by atoms with Gasteiger partial charge >= 0.3 is 6.09 Å². The van der Waals surface area contributed by atoms with Gasteiger partial charge in [-0.05, 0) is 52.2 Å². The molecule has 0 spiro atoms. The molecule has 3 aliphatic heterocycles. The summed E-state index contributed by atoms with van der Waals surface area (Å²) in [6.45, 7) is 9.46. The number of ether oxygens (including phenoxy) is 1. The Morgan fingerprint density at radius 3 is 2.63 bits per heavy atom. The summed E-state index contributed by atoms with van der Waals surface area (Å²) >= 11 is 2.04. The second-order valence-electron chi connectivity index (χ2n) is 10.1. The molecule has 6 nitrogen and oxygen atoms in total. The number of hydrogen-bond donors (Lipinski definition) is 0. The van der Waals surface area contributed by atoms with Crippen molar-refractivity contribution in [3.05, 3.63) is 23.9 Å². The van der Waals surface area contributed by atoms with Crippen molar-refractivity contribution in [2.24, 2.45) is 21.3 Å². The zero-order chi connectivity index (χ0) is 21.0. The summed E-state index contributed by atoms with van der Waals surface area (Å²) in [7, 11) is 0. The number of piperidine rings is 1. The molecule has 0 aromatic carbocycles. The van der Waals surface area contributed by atoms with E-state index in [1.165, 1.54) is 22.9 Å². The zero-order valence-corrected chi connectivity index (χ0v) is 19.1. The number of carbonyl (C=O) groups is 1. The van der Waals surface area contributed by atoms with Gasteiger partial charge in [-0.1, -0.05) is 6.08 Å². The number of hydrogen-bond acceptors (Lipinski definition) is 6. The van der Waals surface area contributed by atoms with E-state index in [0.29, 0.717) is 5.92 Å². The van der Waals surface area contributed by atoms with Crippen molar-refractivity contribution in [3.8, 4) is 0 Å². The van der Waals surface area contributed by atoms with Gasteiger partial charge in [0.1, 0.15) is 11.9 Å². The third-order valence-electron chi connectivity index (χ3n) is 6.97. The first kappa shape index (κ1) is 20.2. The minimum Gasteiger partial charge on any atom is -0.444 e. The molecule has 0 aromatic heterocycles. The average Bonchev–Trinajstić information content (AvgIpc) is 3.43. The van der Waals surface area contributed by atoms with Gasteiger partial charge in [0.2, 0.25) is 0 Å². The molecule has 5 aliphatic rings.